The van der Waals surface area contributed by atoms with Crippen molar-refractivity contribution in [3.8, 4) is 0 Å². The Labute approximate surface area is 101 Å². The Morgan fingerprint density at radius 3 is 2.94 bits per heavy atom. The van der Waals surface area contributed by atoms with E-state index in [4.69, 9.17) is 4.74 Å². The predicted octanol–water partition coefficient (Wildman–Crippen LogP) is 2.83. The minimum Gasteiger partial charge on any atom is -0.475 e. The predicted molar refractivity (Wildman–Crippen MR) is 69.6 cm³/mol. The van der Waals surface area contributed by atoms with E-state index in [-0.39, 0.29) is 6.04 Å². The first-order valence-electron chi connectivity index (χ1n) is 6.08. The number of hydrogen-bond acceptors (Lipinski definition) is 2. The molecule has 0 spiro atoms. The Balaban J connectivity index is 2.20. The number of fused-ring (bicyclic) bond motifs is 1. The van der Waals surface area contributed by atoms with Gasteiger partial charge in [0.05, 0.1) is 11.6 Å². The van der Waals surface area contributed by atoms with Gasteiger partial charge in [0.25, 0.3) is 0 Å². The van der Waals surface area contributed by atoms with Crippen LogP contribution in [0.25, 0.3) is 10.9 Å². The molecule has 1 aromatic heterocycles. The maximum absolute atomic E-state index is 5.65. The van der Waals surface area contributed by atoms with Gasteiger partial charge in [-0.15, -0.1) is 0 Å². The smallest absolute Gasteiger partial charge is 0.218 e. The highest BCUT2D eigenvalue weighted by atomic mass is 16.5. The SMILES string of the molecule is CCn1cc(C2=N[C@H](C)CO2)c2ccccc21. The fourth-order valence-electron chi connectivity index (χ4n) is 2.30. The van der Waals surface area contributed by atoms with Gasteiger partial charge in [-0.2, -0.15) is 0 Å². The maximum Gasteiger partial charge on any atom is 0.218 e. The third kappa shape index (κ3) is 1.62. The van der Waals surface area contributed by atoms with Gasteiger partial charge in [0.15, 0.2) is 0 Å². The van der Waals surface area contributed by atoms with Gasteiger partial charge in [-0.25, -0.2) is 4.99 Å². The average Bonchev–Trinajstić information content (AvgIpc) is 2.92. The molecular weight excluding hydrogens is 212 g/mol. The number of aryl methyl sites for hydroxylation is 1. The average molecular weight is 228 g/mol. The molecule has 3 heteroatoms. The lowest BCUT2D eigenvalue weighted by Crippen LogP contribution is -2.01. The monoisotopic (exact) mass is 228 g/mol. The second-order valence-corrected chi connectivity index (χ2v) is 4.44. The van der Waals surface area contributed by atoms with Gasteiger partial charge < -0.3 is 9.30 Å². The first kappa shape index (κ1) is 10.4. The van der Waals surface area contributed by atoms with Crippen molar-refractivity contribution in [3.63, 3.8) is 0 Å². The summed E-state index contributed by atoms with van der Waals surface area (Å²) < 4.78 is 7.89. The van der Waals surface area contributed by atoms with E-state index in [0.29, 0.717) is 6.61 Å². The first-order valence-corrected chi connectivity index (χ1v) is 6.08. The van der Waals surface area contributed by atoms with Crippen LogP contribution in [0.15, 0.2) is 35.5 Å². The van der Waals surface area contributed by atoms with Crippen LogP contribution in [0.3, 0.4) is 0 Å². The van der Waals surface area contributed by atoms with Gasteiger partial charge in [-0.3, -0.25) is 0 Å². The second-order valence-electron chi connectivity index (χ2n) is 4.44. The molecule has 0 fully saturated rings. The third-order valence-corrected chi connectivity index (χ3v) is 3.16. The summed E-state index contributed by atoms with van der Waals surface area (Å²) in [4.78, 5) is 4.54. The van der Waals surface area contributed by atoms with Crippen molar-refractivity contribution in [1.29, 1.82) is 0 Å². The lowest BCUT2D eigenvalue weighted by Gasteiger charge is -1.98. The molecule has 2 heterocycles. The van der Waals surface area contributed by atoms with Gasteiger partial charge in [-0.05, 0) is 19.9 Å². The summed E-state index contributed by atoms with van der Waals surface area (Å²) in [6.45, 7) is 5.88. The largest absolute Gasteiger partial charge is 0.475 e. The minimum absolute atomic E-state index is 0.272. The topological polar surface area (TPSA) is 26.5 Å². The van der Waals surface area contributed by atoms with Crippen molar-refractivity contribution in [1.82, 2.24) is 4.57 Å². The third-order valence-electron chi connectivity index (χ3n) is 3.16. The second kappa shape index (κ2) is 3.91. The Hall–Kier alpha value is -1.77. The molecule has 0 N–H and O–H groups in total. The standard InChI is InChI=1S/C14H16N2O/c1-3-16-8-12(14-15-10(2)9-17-14)11-6-4-5-7-13(11)16/h4-8,10H,3,9H2,1-2H3/t10-/m1/s1. The summed E-state index contributed by atoms with van der Waals surface area (Å²) in [5.41, 5.74) is 2.36. The lowest BCUT2D eigenvalue weighted by molar-refractivity contribution is 0.324. The van der Waals surface area contributed by atoms with Crippen molar-refractivity contribution in [2.24, 2.45) is 4.99 Å². The number of benzene rings is 1. The molecule has 0 saturated carbocycles. The number of ether oxygens (including phenoxy) is 1. The van der Waals surface area contributed by atoms with Crippen LogP contribution in [0, 0.1) is 0 Å². The molecule has 88 valence electrons. The van der Waals surface area contributed by atoms with E-state index in [1.807, 2.05) is 0 Å². The number of rotatable bonds is 2. The van der Waals surface area contributed by atoms with E-state index in [2.05, 4.69) is 53.9 Å². The molecule has 1 aliphatic heterocycles. The summed E-state index contributed by atoms with van der Waals surface area (Å²) in [6, 6.07) is 8.67. The Morgan fingerprint density at radius 1 is 1.41 bits per heavy atom. The number of para-hydroxylation sites is 1. The maximum atomic E-state index is 5.65. The highest BCUT2D eigenvalue weighted by molar-refractivity contribution is 6.07. The van der Waals surface area contributed by atoms with Gasteiger partial charge in [-0.1, -0.05) is 18.2 Å². The van der Waals surface area contributed by atoms with E-state index in [0.717, 1.165) is 18.0 Å². The Kier molecular flexibility index (Phi) is 2.39. The minimum atomic E-state index is 0.272. The Morgan fingerprint density at radius 2 is 2.24 bits per heavy atom. The van der Waals surface area contributed by atoms with Crippen LogP contribution >= 0.6 is 0 Å². The quantitative estimate of drug-likeness (QED) is 0.776. The summed E-state index contributed by atoms with van der Waals surface area (Å²) in [5.74, 6) is 0.793. The van der Waals surface area contributed by atoms with Crippen LogP contribution in [0.5, 0.6) is 0 Å². The van der Waals surface area contributed by atoms with Crippen LogP contribution in [-0.4, -0.2) is 23.1 Å². The normalized spacial score (nSPS) is 19.4. The van der Waals surface area contributed by atoms with Gasteiger partial charge in [0.2, 0.25) is 5.90 Å². The van der Waals surface area contributed by atoms with Crippen molar-refractivity contribution >= 4 is 16.8 Å². The van der Waals surface area contributed by atoms with Crippen LogP contribution in [-0.2, 0) is 11.3 Å². The zero-order valence-electron chi connectivity index (χ0n) is 10.2. The molecule has 0 bridgehead atoms. The highest BCUT2D eigenvalue weighted by Gasteiger charge is 2.20. The molecule has 3 rings (SSSR count). The van der Waals surface area contributed by atoms with Crippen molar-refractivity contribution in [2.75, 3.05) is 6.61 Å². The van der Waals surface area contributed by atoms with Crippen LogP contribution in [0.4, 0.5) is 0 Å². The molecule has 1 aliphatic rings. The molecule has 0 amide bonds. The number of aliphatic imine (C=N–C) groups is 1. The molecule has 0 unspecified atom stereocenters. The molecule has 1 atom stereocenters. The molecule has 17 heavy (non-hydrogen) atoms. The van der Waals surface area contributed by atoms with Crippen molar-refractivity contribution < 1.29 is 4.74 Å². The van der Waals surface area contributed by atoms with Gasteiger partial charge >= 0.3 is 0 Å². The highest BCUT2D eigenvalue weighted by Crippen LogP contribution is 2.24. The number of nitrogens with zero attached hydrogens (tertiary/aromatic N) is 2. The summed E-state index contributed by atoms with van der Waals surface area (Å²) in [6.07, 6.45) is 2.14. The van der Waals surface area contributed by atoms with Gasteiger partial charge in [0, 0.05) is 23.6 Å². The van der Waals surface area contributed by atoms with Crippen LogP contribution < -0.4 is 0 Å². The van der Waals surface area contributed by atoms with Crippen molar-refractivity contribution in [2.45, 2.75) is 26.4 Å². The van der Waals surface area contributed by atoms with E-state index in [9.17, 15) is 0 Å². The molecule has 0 aliphatic carbocycles. The summed E-state index contributed by atoms with van der Waals surface area (Å²) in [5, 5.41) is 1.22. The van der Waals surface area contributed by atoms with E-state index >= 15 is 0 Å². The van der Waals surface area contributed by atoms with E-state index < -0.39 is 0 Å². The molecule has 2 aromatic rings. The molecule has 1 aromatic carbocycles. The first-order chi connectivity index (χ1) is 8.29. The number of hydrogen-bond donors (Lipinski definition) is 0. The fourth-order valence-corrected chi connectivity index (χ4v) is 2.30. The van der Waals surface area contributed by atoms with E-state index in [1.54, 1.807) is 0 Å². The molecular formula is C14H16N2O. The zero-order chi connectivity index (χ0) is 11.8. The Bertz CT molecular complexity index is 583. The van der Waals surface area contributed by atoms with Crippen LogP contribution in [0.1, 0.15) is 19.4 Å². The zero-order valence-corrected chi connectivity index (χ0v) is 10.2. The molecule has 0 saturated heterocycles. The number of aromatic nitrogens is 1. The van der Waals surface area contributed by atoms with Crippen molar-refractivity contribution in [3.05, 3.63) is 36.0 Å². The summed E-state index contributed by atoms with van der Waals surface area (Å²) >= 11 is 0. The lowest BCUT2D eigenvalue weighted by atomic mass is 10.2. The van der Waals surface area contributed by atoms with E-state index in [1.165, 1.54) is 10.9 Å². The summed E-state index contributed by atoms with van der Waals surface area (Å²) in [7, 11) is 0. The molecule has 3 nitrogen and oxygen atoms in total. The molecule has 0 radical (unpaired) electrons. The van der Waals surface area contributed by atoms with Crippen LogP contribution in [0.2, 0.25) is 0 Å². The fraction of sp³-hybridized carbons (Fsp3) is 0.357. The van der Waals surface area contributed by atoms with Gasteiger partial charge in [0.1, 0.15) is 6.61 Å².